The molecule has 0 saturated carbocycles. The molecule has 1 aliphatic rings. The van der Waals surface area contributed by atoms with E-state index in [4.69, 9.17) is 9.47 Å². The van der Waals surface area contributed by atoms with Crippen molar-refractivity contribution in [2.75, 3.05) is 0 Å². The Labute approximate surface area is 150 Å². The number of ether oxygens (including phenoxy) is 2. The highest BCUT2D eigenvalue weighted by Crippen LogP contribution is 2.35. The van der Waals surface area contributed by atoms with Crippen LogP contribution in [-0.2, 0) is 0 Å². The number of carbonyl (C=O) groups excluding carboxylic acids is 2. The second kappa shape index (κ2) is 5.72. The van der Waals surface area contributed by atoms with Crippen molar-refractivity contribution >= 4 is 57.1 Å². The average Bonchev–Trinajstić information content (AvgIpc) is 2.48. The van der Waals surface area contributed by atoms with Crippen molar-refractivity contribution in [1.82, 2.24) is 0 Å². The summed E-state index contributed by atoms with van der Waals surface area (Å²) in [5.41, 5.74) is -1.11. The minimum Gasteiger partial charge on any atom is -0.419 e. The fourth-order valence-electron chi connectivity index (χ4n) is 1.94. The molecule has 1 aliphatic heterocycles. The third kappa shape index (κ3) is 2.37. The lowest BCUT2D eigenvalue weighted by molar-refractivity contribution is 0.0641. The van der Waals surface area contributed by atoms with E-state index in [0.29, 0.717) is 0 Å². The molecule has 8 heteroatoms. The lowest BCUT2D eigenvalue weighted by atomic mass is 10.1. The summed E-state index contributed by atoms with van der Waals surface area (Å²) < 4.78 is 37.8. The van der Waals surface area contributed by atoms with Gasteiger partial charge in [-0.25, -0.2) is 18.4 Å². The van der Waals surface area contributed by atoms with Crippen molar-refractivity contribution in [1.29, 1.82) is 0 Å². The third-order valence-corrected chi connectivity index (χ3v) is 4.89. The van der Waals surface area contributed by atoms with E-state index >= 15 is 0 Å². The molecule has 0 spiro atoms. The fourth-order valence-corrected chi connectivity index (χ4v) is 3.75. The van der Waals surface area contributed by atoms with Crippen molar-refractivity contribution in [2.45, 2.75) is 0 Å². The van der Waals surface area contributed by atoms with Crippen LogP contribution in [0.1, 0.15) is 20.7 Å². The van der Waals surface area contributed by atoms with Gasteiger partial charge in [-0.2, -0.15) is 0 Å². The zero-order chi connectivity index (χ0) is 16.0. The first-order valence-electron chi connectivity index (χ1n) is 5.81. The molecule has 0 unspecified atom stereocenters. The van der Waals surface area contributed by atoms with E-state index in [-0.39, 0.29) is 18.6 Å². The molecule has 0 amide bonds. The van der Waals surface area contributed by atoms with Gasteiger partial charge in [0.2, 0.25) is 0 Å². The van der Waals surface area contributed by atoms with E-state index in [1.165, 1.54) is 57.3 Å². The van der Waals surface area contributed by atoms with E-state index < -0.39 is 34.7 Å². The Morgan fingerprint density at radius 1 is 0.773 bits per heavy atom. The van der Waals surface area contributed by atoms with Crippen LogP contribution in [0.15, 0.2) is 24.3 Å². The molecule has 0 fully saturated rings. The molecule has 4 nitrogen and oxygen atoms in total. The van der Waals surface area contributed by atoms with Crippen LogP contribution >= 0.6 is 45.2 Å². The van der Waals surface area contributed by atoms with Crippen LogP contribution in [0, 0.1) is 18.8 Å². The Morgan fingerprint density at radius 2 is 1.27 bits per heavy atom. The van der Waals surface area contributed by atoms with Crippen LogP contribution in [-0.4, -0.2) is 11.9 Å². The summed E-state index contributed by atoms with van der Waals surface area (Å²) in [5, 5.41) is 0. The molecule has 3 rings (SSSR count). The second-order valence-corrected chi connectivity index (χ2v) is 6.39. The van der Waals surface area contributed by atoms with Gasteiger partial charge in [0.15, 0.2) is 23.1 Å². The standard InChI is InChI=1S/C14H4F2I2O4/c15-9-7-8(11(17)10(16)12(9)18)14(20)22-6-4-2-1-3-5(6)21-13(7)19/h1-4H. The quantitative estimate of drug-likeness (QED) is 0.171. The Kier molecular flexibility index (Phi) is 4.05. The Balaban J connectivity index is 2.30. The number of esters is 2. The normalized spacial score (nSPS) is 13.5. The molecule has 1 heterocycles. The van der Waals surface area contributed by atoms with Gasteiger partial charge in [-0.05, 0) is 57.3 Å². The molecule has 0 saturated heterocycles. The number of hydrogen-bond donors (Lipinski definition) is 0. The lowest BCUT2D eigenvalue weighted by Gasteiger charge is -2.18. The lowest BCUT2D eigenvalue weighted by Crippen LogP contribution is -2.25. The molecule has 0 atom stereocenters. The van der Waals surface area contributed by atoms with Crippen LogP contribution in [0.25, 0.3) is 0 Å². The first kappa shape index (κ1) is 15.6. The number of para-hydroxylation sites is 2. The zero-order valence-electron chi connectivity index (χ0n) is 10.5. The van der Waals surface area contributed by atoms with E-state index in [2.05, 4.69) is 0 Å². The number of fused-ring (bicyclic) bond motifs is 2. The Hall–Kier alpha value is -1.30. The van der Waals surface area contributed by atoms with Crippen molar-refractivity contribution < 1.29 is 27.8 Å². The van der Waals surface area contributed by atoms with Crippen molar-refractivity contribution in [3.63, 3.8) is 0 Å². The topological polar surface area (TPSA) is 52.6 Å². The summed E-state index contributed by atoms with van der Waals surface area (Å²) in [6, 6.07) is 5.96. The molecule has 0 bridgehead atoms. The van der Waals surface area contributed by atoms with Crippen molar-refractivity contribution in [3.8, 4) is 11.5 Å². The van der Waals surface area contributed by atoms with Crippen LogP contribution in [0.2, 0.25) is 0 Å². The Morgan fingerprint density at radius 3 is 1.82 bits per heavy atom. The van der Waals surface area contributed by atoms with E-state index in [9.17, 15) is 18.4 Å². The minimum atomic E-state index is -1.14. The van der Waals surface area contributed by atoms with E-state index in [1.807, 2.05) is 0 Å². The first-order valence-corrected chi connectivity index (χ1v) is 7.97. The molecule has 0 aliphatic carbocycles. The van der Waals surface area contributed by atoms with Gasteiger partial charge >= 0.3 is 11.9 Å². The van der Waals surface area contributed by atoms with Crippen LogP contribution in [0.4, 0.5) is 8.78 Å². The van der Waals surface area contributed by atoms with Gasteiger partial charge in [0.05, 0.1) is 12.7 Å². The number of carbonyl (C=O) groups is 2. The van der Waals surface area contributed by atoms with Gasteiger partial charge < -0.3 is 9.47 Å². The predicted octanol–water partition coefficient (Wildman–Crippen LogP) is 3.93. The van der Waals surface area contributed by atoms with Crippen LogP contribution < -0.4 is 9.47 Å². The molecule has 2 aromatic carbocycles. The summed E-state index contributed by atoms with van der Waals surface area (Å²) in [4.78, 5) is 24.4. The second-order valence-electron chi connectivity index (χ2n) is 4.23. The smallest absolute Gasteiger partial charge is 0.347 e. The number of halogens is 4. The van der Waals surface area contributed by atoms with Gasteiger partial charge in [0.1, 0.15) is 5.56 Å². The number of rotatable bonds is 0. The van der Waals surface area contributed by atoms with Gasteiger partial charge in [-0.1, -0.05) is 12.1 Å². The highest BCUT2D eigenvalue weighted by atomic mass is 127. The van der Waals surface area contributed by atoms with Crippen molar-refractivity contribution in [2.24, 2.45) is 0 Å². The SMILES string of the molecule is O=C1Oc2ccccc2OC(=O)c2c(I)c(F)c(I)c(F)c21. The molecule has 112 valence electrons. The Bertz CT molecular complexity index is 768. The van der Waals surface area contributed by atoms with Gasteiger partial charge in [-0.15, -0.1) is 0 Å². The fraction of sp³-hybridized carbons (Fsp3) is 0. The first-order chi connectivity index (χ1) is 10.4. The number of benzene rings is 2. The van der Waals surface area contributed by atoms with Crippen LogP contribution in [0.3, 0.4) is 0 Å². The molecular formula is C14H4F2I2O4. The maximum absolute atomic E-state index is 14.3. The molecule has 22 heavy (non-hydrogen) atoms. The van der Waals surface area contributed by atoms with Crippen molar-refractivity contribution in [3.05, 3.63) is 54.2 Å². The summed E-state index contributed by atoms with van der Waals surface area (Å²) in [7, 11) is 0. The third-order valence-electron chi connectivity index (χ3n) is 2.93. The predicted molar refractivity (Wildman–Crippen MR) is 88.2 cm³/mol. The molecule has 0 N–H and O–H groups in total. The van der Waals surface area contributed by atoms with Crippen LogP contribution in [0.5, 0.6) is 11.5 Å². The average molecular weight is 528 g/mol. The molecule has 2 aromatic rings. The van der Waals surface area contributed by atoms with Gasteiger partial charge in [-0.3, -0.25) is 0 Å². The molecular weight excluding hydrogens is 524 g/mol. The summed E-state index contributed by atoms with van der Waals surface area (Å²) in [5.74, 6) is -4.17. The highest BCUT2D eigenvalue weighted by Gasteiger charge is 2.34. The van der Waals surface area contributed by atoms with E-state index in [1.54, 1.807) is 12.1 Å². The maximum atomic E-state index is 14.3. The monoisotopic (exact) mass is 528 g/mol. The maximum Gasteiger partial charge on any atom is 0.347 e. The summed E-state index contributed by atoms with van der Waals surface area (Å²) in [6.07, 6.45) is 0. The molecule has 0 radical (unpaired) electrons. The number of hydrogen-bond acceptors (Lipinski definition) is 4. The largest absolute Gasteiger partial charge is 0.419 e. The van der Waals surface area contributed by atoms with Gasteiger partial charge in [0.25, 0.3) is 0 Å². The summed E-state index contributed by atoms with van der Waals surface area (Å²) >= 11 is 2.96. The van der Waals surface area contributed by atoms with Gasteiger partial charge in [0, 0.05) is 0 Å². The summed E-state index contributed by atoms with van der Waals surface area (Å²) in [6.45, 7) is 0. The zero-order valence-corrected chi connectivity index (χ0v) is 14.8. The molecule has 0 aromatic heterocycles. The minimum absolute atomic E-state index is 0.00154. The van der Waals surface area contributed by atoms with E-state index in [0.717, 1.165) is 0 Å². The highest BCUT2D eigenvalue weighted by molar-refractivity contribution is 14.1.